The third kappa shape index (κ3) is 4.22. The molecule has 1 aliphatic heterocycles. The third-order valence-electron chi connectivity index (χ3n) is 4.19. The molecule has 3 unspecified atom stereocenters. The lowest BCUT2D eigenvalue weighted by molar-refractivity contribution is -0.137. The molecular weight excluding hydrogens is 293 g/mol. The molecule has 0 bridgehead atoms. The minimum absolute atomic E-state index is 0.0516. The molecular formula is C16H21F3N2O. The Morgan fingerprint density at radius 2 is 1.91 bits per heavy atom. The maximum Gasteiger partial charge on any atom is 0.416 e. The van der Waals surface area contributed by atoms with Crippen LogP contribution in [0.2, 0.25) is 0 Å². The monoisotopic (exact) mass is 314 g/mol. The standard InChI is InChI=1S/C16H21F3N2O/c1-10-7-8-20-11(2)15(10)21-14(22)9-12-3-5-13(6-4-12)16(17,18)19/h3-6,10-11,15,20H,7-9H2,1-2H3,(H,21,22). The Hall–Kier alpha value is -1.56. The lowest BCUT2D eigenvalue weighted by atomic mass is 9.89. The lowest BCUT2D eigenvalue weighted by Crippen LogP contribution is -2.56. The van der Waals surface area contributed by atoms with Gasteiger partial charge < -0.3 is 10.6 Å². The summed E-state index contributed by atoms with van der Waals surface area (Å²) in [5, 5.41) is 6.30. The van der Waals surface area contributed by atoms with Gasteiger partial charge in [-0.15, -0.1) is 0 Å². The van der Waals surface area contributed by atoms with Crippen molar-refractivity contribution in [3.8, 4) is 0 Å². The average molecular weight is 314 g/mol. The van der Waals surface area contributed by atoms with Gasteiger partial charge in [0, 0.05) is 12.1 Å². The molecule has 1 amide bonds. The first-order valence-corrected chi connectivity index (χ1v) is 7.46. The number of rotatable bonds is 3. The molecule has 6 heteroatoms. The smallest absolute Gasteiger partial charge is 0.351 e. The van der Waals surface area contributed by atoms with Crippen LogP contribution in [0.15, 0.2) is 24.3 Å². The Morgan fingerprint density at radius 3 is 2.45 bits per heavy atom. The van der Waals surface area contributed by atoms with Crippen LogP contribution in [0.3, 0.4) is 0 Å². The number of carbonyl (C=O) groups excluding carboxylic acids is 1. The van der Waals surface area contributed by atoms with Crippen molar-refractivity contribution in [2.24, 2.45) is 5.92 Å². The number of amides is 1. The van der Waals surface area contributed by atoms with Crippen molar-refractivity contribution in [1.29, 1.82) is 0 Å². The van der Waals surface area contributed by atoms with E-state index in [1.54, 1.807) is 0 Å². The van der Waals surface area contributed by atoms with Crippen LogP contribution in [-0.2, 0) is 17.4 Å². The molecule has 0 spiro atoms. The van der Waals surface area contributed by atoms with Gasteiger partial charge in [0.15, 0.2) is 0 Å². The van der Waals surface area contributed by atoms with E-state index in [0.717, 1.165) is 25.1 Å². The number of nitrogens with one attached hydrogen (secondary N) is 2. The maximum absolute atomic E-state index is 12.5. The highest BCUT2D eigenvalue weighted by atomic mass is 19.4. The Bertz CT molecular complexity index is 503. The zero-order chi connectivity index (χ0) is 16.3. The molecule has 3 atom stereocenters. The van der Waals surface area contributed by atoms with Crippen LogP contribution < -0.4 is 10.6 Å². The molecule has 0 saturated carbocycles. The molecule has 0 aliphatic carbocycles. The van der Waals surface area contributed by atoms with Crippen LogP contribution in [0, 0.1) is 5.92 Å². The van der Waals surface area contributed by atoms with Gasteiger partial charge in [0.1, 0.15) is 0 Å². The van der Waals surface area contributed by atoms with Crippen LogP contribution in [0.5, 0.6) is 0 Å². The summed E-state index contributed by atoms with van der Waals surface area (Å²) in [5.41, 5.74) is -0.120. The van der Waals surface area contributed by atoms with E-state index in [1.165, 1.54) is 12.1 Å². The van der Waals surface area contributed by atoms with Gasteiger partial charge >= 0.3 is 6.18 Å². The number of hydrogen-bond donors (Lipinski definition) is 2. The largest absolute Gasteiger partial charge is 0.416 e. The van der Waals surface area contributed by atoms with Crippen molar-refractivity contribution in [3.05, 3.63) is 35.4 Å². The second kappa shape index (κ2) is 6.69. The summed E-state index contributed by atoms with van der Waals surface area (Å²) in [5.74, 6) is 0.222. The second-order valence-electron chi connectivity index (χ2n) is 5.97. The predicted octanol–water partition coefficient (Wildman–Crippen LogP) is 2.75. The molecule has 122 valence electrons. The van der Waals surface area contributed by atoms with Crippen LogP contribution in [0.1, 0.15) is 31.4 Å². The van der Waals surface area contributed by atoms with Gasteiger partial charge in [-0.3, -0.25) is 4.79 Å². The first-order chi connectivity index (χ1) is 10.3. The van der Waals surface area contributed by atoms with Gasteiger partial charge in [-0.05, 0) is 43.5 Å². The molecule has 1 aromatic carbocycles. The van der Waals surface area contributed by atoms with Crippen LogP contribution in [0.25, 0.3) is 0 Å². The fourth-order valence-corrected chi connectivity index (χ4v) is 2.84. The second-order valence-corrected chi connectivity index (χ2v) is 5.97. The summed E-state index contributed by atoms with van der Waals surface area (Å²) < 4.78 is 37.5. The predicted molar refractivity (Wildman–Crippen MR) is 78.3 cm³/mol. The molecule has 0 aromatic heterocycles. The summed E-state index contributed by atoms with van der Waals surface area (Å²) >= 11 is 0. The van der Waals surface area contributed by atoms with Crippen molar-refractivity contribution in [2.45, 2.75) is 44.9 Å². The van der Waals surface area contributed by atoms with E-state index in [0.29, 0.717) is 11.5 Å². The van der Waals surface area contributed by atoms with Gasteiger partial charge in [0.25, 0.3) is 0 Å². The summed E-state index contributed by atoms with van der Waals surface area (Å²) in [6.07, 6.45) is -3.26. The van der Waals surface area contributed by atoms with Gasteiger partial charge in [-0.2, -0.15) is 13.2 Å². The van der Waals surface area contributed by atoms with Gasteiger partial charge in [-0.1, -0.05) is 19.1 Å². The van der Waals surface area contributed by atoms with Crippen molar-refractivity contribution >= 4 is 5.91 Å². The summed E-state index contributed by atoms with van der Waals surface area (Å²) in [7, 11) is 0. The number of halogens is 3. The number of piperidine rings is 1. The SMILES string of the molecule is CC1CCNC(C)C1NC(=O)Cc1ccc(C(F)(F)F)cc1. The molecule has 3 nitrogen and oxygen atoms in total. The topological polar surface area (TPSA) is 41.1 Å². The van der Waals surface area contributed by atoms with E-state index < -0.39 is 11.7 Å². The lowest BCUT2D eigenvalue weighted by Gasteiger charge is -2.36. The molecule has 2 N–H and O–H groups in total. The summed E-state index contributed by atoms with van der Waals surface area (Å²) in [4.78, 5) is 12.1. The van der Waals surface area contributed by atoms with Crippen LogP contribution >= 0.6 is 0 Å². The minimum Gasteiger partial charge on any atom is -0.351 e. The van der Waals surface area contributed by atoms with Gasteiger partial charge in [0.2, 0.25) is 5.91 Å². The highest BCUT2D eigenvalue weighted by molar-refractivity contribution is 5.79. The molecule has 1 aliphatic rings. The number of carbonyl (C=O) groups is 1. The van der Waals surface area contributed by atoms with E-state index in [2.05, 4.69) is 17.6 Å². The molecule has 1 saturated heterocycles. The van der Waals surface area contributed by atoms with E-state index in [-0.39, 0.29) is 24.4 Å². The maximum atomic E-state index is 12.5. The number of hydrogen-bond acceptors (Lipinski definition) is 2. The summed E-state index contributed by atoms with van der Waals surface area (Å²) in [6, 6.07) is 4.98. The van der Waals surface area contributed by atoms with Crippen molar-refractivity contribution in [2.75, 3.05) is 6.54 Å². The zero-order valence-electron chi connectivity index (χ0n) is 12.7. The van der Waals surface area contributed by atoms with Crippen molar-refractivity contribution < 1.29 is 18.0 Å². The first kappa shape index (κ1) is 16.8. The molecule has 1 heterocycles. The quantitative estimate of drug-likeness (QED) is 0.901. The Morgan fingerprint density at radius 1 is 1.27 bits per heavy atom. The minimum atomic E-state index is -4.35. The Balaban J connectivity index is 1.94. The molecule has 0 radical (unpaired) electrons. The number of benzene rings is 1. The van der Waals surface area contributed by atoms with E-state index in [9.17, 15) is 18.0 Å². The molecule has 2 rings (SSSR count). The highest BCUT2D eigenvalue weighted by Gasteiger charge is 2.30. The fraction of sp³-hybridized carbons (Fsp3) is 0.562. The highest BCUT2D eigenvalue weighted by Crippen LogP contribution is 2.29. The third-order valence-corrected chi connectivity index (χ3v) is 4.19. The zero-order valence-corrected chi connectivity index (χ0v) is 12.7. The van der Waals surface area contributed by atoms with Crippen molar-refractivity contribution in [1.82, 2.24) is 10.6 Å². The average Bonchev–Trinajstić information content (AvgIpc) is 2.43. The normalized spacial score (nSPS) is 25.8. The first-order valence-electron chi connectivity index (χ1n) is 7.46. The Kier molecular flexibility index (Phi) is 5.11. The van der Waals surface area contributed by atoms with Gasteiger partial charge in [0.05, 0.1) is 12.0 Å². The molecule has 22 heavy (non-hydrogen) atoms. The molecule has 1 aromatic rings. The fourth-order valence-electron chi connectivity index (χ4n) is 2.84. The number of alkyl halides is 3. The van der Waals surface area contributed by atoms with Crippen LogP contribution in [-0.4, -0.2) is 24.5 Å². The van der Waals surface area contributed by atoms with Crippen molar-refractivity contribution in [3.63, 3.8) is 0 Å². The van der Waals surface area contributed by atoms with E-state index in [4.69, 9.17) is 0 Å². The van der Waals surface area contributed by atoms with Crippen LogP contribution in [0.4, 0.5) is 13.2 Å². The van der Waals surface area contributed by atoms with E-state index in [1.807, 2.05) is 6.92 Å². The Labute approximate surface area is 128 Å². The summed E-state index contributed by atoms with van der Waals surface area (Å²) in [6.45, 7) is 5.06. The van der Waals surface area contributed by atoms with Gasteiger partial charge in [-0.25, -0.2) is 0 Å². The molecule has 1 fully saturated rings. The van der Waals surface area contributed by atoms with E-state index >= 15 is 0 Å².